The Kier molecular flexibility index (Phi) is 3.25. The van der Waals surface area contributed by atoms with Crippen molar-refractivity contribution in [1.29, 1.82) is 0 Å². The highest BCUT2D eigenvalue weighted by atomic mass is 16.5. The third kappa shape index (κ3) is 1.96. The van der Waals surface area contributed by atoms with E-state index in [2.05, 4.69) is 50.2 Å². The minimum absolute atomic E-state index is 0.557. The van der Waals surface area contributed by atoms with E-state index in [4.69, 9.17) is 4.74 Å². The molecule has 0 spiro atoms. The second kappa shape index (κ2) is 4.67. The van der Waals surface area contributed by atoms with Crippen LogP contribution in [-0.4, -0.2) is 7.11 Å². The molecule has 1 heteroatoms. The van der Waals surface area contributed by atoms with E-state index in [1.54, 1.807) is 7.11 Å². The summed E-state index contributed by atoms with van der Waals surface area (Å²) >= 11 is 0. The van der Waals surface area contributed by atoms with Crippen LogP contribution in [0.5, 0.6) is 0 Å². The maximum atomic E-state index is 5.24. The first-order valence-electron chi connectivity index (χ1n) is 5.73. The topological polar surface area (TPSA) is 9.23 Å². The molecule has 2 rings (SSSR count). The summed E-state index contributed by atoms with van der Waals surface area (Å²) in [4.78, 5) is 0. The molecule has 0 saturated carbocycles. The van der Waals surface area contributed by atoms with Gasteiger partial charge in [0.1, 0.15) is 0 Å². The van der Waals surface area contributed by atoms with Crippen LogP contribution >= 0.6 is 0 Å². The Bertz CT molecular complexity index is 486. The first-order chi connectivity index (χ1) is 7.74. The largest absolute Gasteiger partial charge is 0.380 e. The molecule has 0 radical (unpaired) electrons. The molecule has 84 valence electrons. The van der Waals surface area contributed by atoms with Gasteiger partial charge >= 0.3 is 0 Å². The molecule has 0 heterocycles. The van der Waals surface area contributed by atoms with Crippen molar-refractivity contribution in [3.8, 4) is 0 Å². The minimum Gasteiger partial charge on any atom is -0.380 e. The quantitative estimate of drug-likeness (QED) is 0.747. The summed E-state index contributed by atoms with van der Waals surface area (Å²) in [6, 6.07) is 13.0. The highest BCUT2D eigenvalue weighted by Crippen LogP contribution is 2.28. The van der Waals surface area contributed by atoms with Gasteiger partial charge in [-0.15, -0.1) is 0 Å². The molecule has 0 aliphatic rings. The van der Waals surface area contributed by atoms with Crippen LogP contribution in [0.3, 0.4) is 0 Å². The van der Waals surface area contributed by atoms with E-state index in [0.717, 1.165) is 0 Å². The predicted molar refractivity (Wildman–Crippen MR) is 68.8 cm³/mol. The molecule has 0 fully saturated rings. The van der Waals surface area contributed by atoms with Crippen molar-refractivity contribution >= 4 is 10.8 Å². The number of methoxy groups -OCH3 is 1. The SMILES string of the molecule is COCc1ccc(C(C)C)c2ccccc12. The summed E-state index contributed by atoms with van der Waals surface area (Å²) in [6.07, 6.45) is 0. The smallest absolute Gasteiger partial charge is 0.0719 e. The van der Waals surface area contributed by atoms with E-state index in [9.17, 15) is 0 Å². The Labute approximate surface area is 97.1 Å². The first kappa shape index (κ1) is 11.2. The van der Waals surface area contributed by atoms with E-state index < -0.39 is 0 Å². The van der Waals surface area contributed by atoms with Crippen molar-refractivity contribution in [2.45, 2.75) is 26.4 Å². The molecular weight excluding hydrogens is 196 g/mol. The number of hydrogen-bond donors (Lipinski definition) is 0. The van der Waals surface area contributed by atoms with Gasteiger partial charge in [0.2, 0.25) is 0 Å². The Hall–Kier alpha value is -1.34. The number of rotatable bonds is 3. The van der Waals surface area contributed by atoms with E-state index in [1.165, 1.54) is 21.9 Å². The molecule has 0 saturated heterocycles. The standard InChI is InChI=1S/C15H18O/c1-11(2)13-9-8-12(10-16-3)14-6-4-5-7-15(13)14/h4-9,11H,10H2,1-3H3. The van der Waals surface area contributed by atoms with Crippen LogP contribution in [0.15, 0.2) is 36.4 Å². The van der Waals surface area contributed by atoms with Crippen molar-refractivity contribution < 1.29 is 4.74 Å². The minimum atomic E-state index is 0.557. The van der Waals surface area contributed by atoms with Crippen LogP contribution in [0.2, 0.25) is 0 Å². The third-order valence-corrected chi connectivity index (χ3v) is 2.97. The number of hydrogen-bond acceptors (Lipinski definition) is 1. The molecule has 0 aliphatic heterocycles. The molecule has 2 aromatic rings. The maximum Gasteiger partial charge on any atom is 0.0719 e. The Morgan fingerprint density at radius 2 is 1.69 bits per heavy atom. The molecule has 16 heavy (non-hydrogen) atoms. The lowest BCUT2D eigenvalue weighted by Gasteiger charge is -2.13. The second-order valence-electron chi connectivity index (χ2n) is 4.45. The van der Waals surface area contributed by atoms with Gasteiger partial charge in [0.15, 0.2) is 0 Å². The lowest BCUT2D eigenvalue weighted by Crippen LogP contribution is -1.94. The van der Waals surface area contributed by atoms with Crippen molar-refractivity contribution in [1.82, 2.24) is 0 Å². The molecule has 0 unspecified atom stereocenters. The van der Waals surface area contributed by atoms with Crippen molar-refractivity contribution in [3.63, 3.8) is 0 Å². The van der Waals surface area contributed by atoms with Gasteiger partial charge in [-0.3, -0.25) is 0 Å². The zero-order valence-electron chi connectivity index (χ0n) is 10.2. The summed E-state index contributed by atoms with van der Waals surface area (Å²) < 4.78 is 5.24. The summed E-state index contributed by atoms with van der Waals surface area (Å²) in [5.41, 5.74) is 2.68. The summed E-state index contributed by atoms with van der Waals surface area (Å²) in [5, 5.41) is 2.67. The Balaban J connectivity index is 2.67. The van der Waals surface area contributed by atoms with Crippen LogP contribution in [-0.2, 0) is 11.3 Å². The number of benzene rings is 2. The van der Waals surface area contributed by atoms with Gasteiger partial charge in [-0.05, 0) is 27.8 Å². The molecule has 1 nitrogen and oxygen atoms in total. The normalized spacial score (nSPS) is 11.2. The van der Waals surface area contributed by atoms with Gasteiger partial charge < -0.3 is 4.74 Å². The third-order valence-electron chi connectivity index (χ3n) is 2.97. The van der Waals surface area contributed by atoms with Gasteiger partial charge in [0.05, 0.1) is 6.61 Å². The van der Waals surface area contributed by atoms with Crippen LogP contribution < -0.4 is 0 Å². The van der Waals surface area contributed by atoms with Crippen LogP contribution in [0.25, 0.3) is 10.8 Å². The molecule has 0 aromatic heterocycles. The van der Waals surface area contributed by atoms with E-state index in [-0.39, 0.29) is 0 Å². The molecule has 0 bridgehead atoms. The average Bonchev–Trinajstić information content (AvgIpc) is 2.29. The zero-order valence-corrected chi connectivity index (χ0v) is 10.2. The molecule has 0 aliphatic carbocycles. The van der Waals surface area contributed by atoms with Crippen molar-refractivity contribution in [3.05, 3.63) is 47.5 Å². The lowest BCUT2D eigenvalue weighted by atomic mass is 9.93. The van der Waals surface area contributed by atoms with Gasteiger partial charge in [0, 0.05) is 7.11 Å². The summed E-state index contributed by atoms with van der Waals surface area (Å²) in [6.45, 7) is 5.15. The van der Waals surface area contributed by atoms with E-state index >= 15 is 0 Å². The molecule has 0 atom stereocenters. The van der Waals surface area contributed by atoms with Gasteiger partial charge in [-0.25, -0.2) is 0 Å². The van der Waals surface area contributed by atoms with Gasteiger partial charge in [-0.2, -0.15) is 0 Å². The first-order valence-corrected chi connectivity index (χ1v) is 5.73. The highest BCUT2D eigenvalue weighted by Gasteiger charge is 2.07. The monoisotopic (exact) mass is 214 g/mol. The summed E-state index contributed by atoms with van der Waals surface area (Å²) in [5.74, 6) is 0.557. The van der Waals surface area contributed by atoms with Crippen LogP contribution in [0.1, 0.15) is 30.9 Å². The van der Waals surface area contributed by atoms with Crippen molar-refractivity contribution in [2.24, 2.45) is 0 Å². The fraction of sp³-hybridized carbons (Fsp3) is 0.333. The Morgan fingerprint density at radius 3 is 2.31 bits per heavy atom. The molecule has 2 aromatic carbocycles. The molecular formula is C15H18O. The summed E-state index contributed by atoms with van der Waals surface area (Å²) in [7, 11) is 1.74. The lowest BCUT2D eigenvalue weighted by molar-refractivity contribution is 0.186. The second-order valence-corrected chi connectivity index (χ2v) is 4.45. The highest BCUT2D eigenvalue weighted by molar-refractivity contribution is 5.89. The van der Waals surface area contributed by atoms with Gasteiger partial charge in [0.25, 0.3) is 0 Å². The van der Waals surface area contributed by atoms with E-state index in [0.29, 0.717) is 12.5 Å². The zero-order chi connectivity index (χ0) is 11.5. The maximum absolute atomic E-state index is 5.24. The van der Waals surface area contributed by atoms with Crippen LogP contribution in [0.4, 0.5) is 0 Å². The van der Waals surface area contributed by atoms with Gasteiger partial charge in [-0.1, -0.05) is 50.2 Å². The van der Waals surface area contributed by atoms with E-state index in [1.807, 2.05) is 0 Å². The van der Waals surface area contributed by atoms with Crippen molar-refractivity contribution in [2.75, 3.05) is 7.11 Å². The molecule has 0 amide bonds. The fourth-order valence-electron chi connectivity index (χ4n) is 2.17. The molecule has 0 N–H and O–H groups in total. The predicted octanol–water partition coefficient (Wildman–Crippen LogP) is 4.11. The van der Waals surface area contributed by atoms with Crippen LogP contribution in [0, 0.1) is 0 Å². The Morgan fingerprint density at radius 1 is 1.00 bits per heavy atom. The fourth-order valence-corrected chi connectivity index (χ4v) is 2.17. The average molecular weight is 214 g/mol. The number of ether oxygens (including phenoxy) is 1. The number of fused-ring (bicyclic) bond motifs is 1.